The van der Waals surface area contributed by atoms with Crippen molar-refractivity contribution in [2.45, 2.75) is 32.1 Å². The number of rotatable bonds is 6. The summed E-state index contributed by atoms with van der Waals surface area (Å²) in [6, 6.07) is 0. The van der Waals surface area contributed by atoms with E-state index >= 15 is 0 Å². The Kier molecular flexibility index (Phi) is 4.55. The zero-order valence-corrected chi connectivity index (χ0v) is 7.62. The molecular weight excluding hydrogens is 150 g/mol. The van der Waals surface area contributed by atoms with Gasteiger partial charge in [0.05, 0.1) is 0 Å². The Morgan fingerprint density at radius 3 is 3.17 bits per heavy atom. The predicted molar refractivity (Wildman–Crippen MR) is 49.9 cm³/mol. The third-order valence-corrected chi connectivity index (χ3v) is 1.98. The van der Waals surface area contributed by atoms with Crippen molar-refractivity contribution < 1.29 is 4.84 Å². The quantitative estimate of drug-likeness (QED) is 0.337. The second-order valence-electron chi connectivity index (χ2n) is 3.12. The molecule has 0 saturated heterocycles. The Balaban J connectivity index is 1.84. The van der Waals surface area contributed by atoms with E-state index in [1.165, 1.54) is 32.8 Å². The van der Waals surface area contributed by atoms with Crippen molar-refractivity contribution in [3.63, 3.8) is 0 Å². The number of hydrogen-bond donors (Lipinski definition) is 0. The molecule has 67 valence electrons. The first kappa shape index (κ1) is 9.34. The fourth-order valence-corrected chi connectivity index (χ4v) is 1.14. The van der Waals surface area contributed by atoms with Crippen LogP contribution in [0.4, 0.5) is 0 Å². The number of nitrogens with zero attached hydrogens (tertiary/aromatic N) is 1. The lowest BCUT2D eigenvalue weighted by Crippen LogP contribution is -1.77. The molecule has 2 heteroatoms. The van der Waals surface area contributed by atoms with Crippen molar-refractivity contribution in [1.29, 1.82) is 0 Å². The van der Waals surface area contributed by atoms with Gasteiger partial charge in [0.15, 0.2) is 0 Å². The average Bonchev–Trinajstić information content (AvgIpc) is 2.87. The maximum atomic E-state index is 4.47. The van der Waals surface area contributed by atoms with Crippen molar-refractivity contribution in [1.82, 2.24) is 0 Å². The monoisotopic (exact) mass is 166 g/mol. The fraction of sp³-hybridized carbons (Fsp3) is 0.700. The van der Waals surface area contributed by atoms with Crippen LogP contribution in [-0.4, -0.2) is 13.0 Å². The molecule has 12 heavy (non-hydrogen) atoms. The van der Waals surface area contributed by atoms with E-state index in [0.29, 0.717) is 0 Å². The van der Waals surface area contributed by atoms with Crippen LogP contribution < -0.4 is 0 Å². The summed E-state index contributed by atoms with van der Waals surface area (Å²) in [5.74, 6) is 3.65. The second kappa shape index (κ2) is 5.84. The van der Waals surface area contributed by atoms with Crippen LogP contribution >= 0.6 is 0 Å². The lowest BCUT2D eigenvalue weighted by Gasteiger charge is -1.93. The van der Waals surface area contributed by atoms with Gasteiger partial charge in [0.1, 0.15) is 7.11 Å². The van der Waals surface area contributed by atoms with Crippen LogP contribution in [0.15, 0.2) is 11.2 Å². The Morgan fingerprint density at radius 1 is 1.67 bits per heavy atom. The van der Waals surface area contributed by atoms with Crippen LogP contribution in [0.25, 0.3) is 0 Å². The van der Waals surface area contributed by atoms with E-state index in [1.54, 1.807) is 0 Å². The lowest BCUT2D eigenvalue weighted by atomic mass is 10.1. The molecule has 1 saturated carbocycles. The lowest BCUT2D eigenvalue weighted by molar-refractivity contribution is 0.216. The first-order chi connectivity index (χ1) is 5.93. The molecule has 0 aliphatic heterocycles. The Bertz CT molecular complexity index is 167. The van der Waals surface area contributed by atoms with Crippen molar-refractivity contribution >= 4 is 5.87 Å². The van der Waals surface area contributed by atoms with Crippen LogP contribution in [0.5, 0.6) is 0 Å². The maximum absolute atomic E-state index is 4.47. The molecule has 1 atom stereocenters. The van der Waals surface area contributed by atoms with E-state index in [0.717, 1.165) is 12.3 Å². The molecule has 2 nitrogen and oxygen atoms in total. The molecule has 0 aromatic carbocycles. The van der Waals surface area contributed by atoms with Gasteiger partial charge in [-0.1, -0.05) is 12.8 Å². The third kappa shape index (κ3) is 4.97. The zero-order chi connectivity index (χ0) is 8.65. The summed E-state index contributed by atoms with van der Waals surface area (Å²) in [6.07, 6.45) is 10.7. The van der Waals surface area contributed by atoms with Crippen LogP contribution in [0, 0.1) is 12.3 Å². The molecule has 0 bridgehead atoms. The van der Waals surface area contributed by atoms with E-state index in [9.17, 15) is 0 Å². The highest BCUT2D eigenvalue weighted by Gasteiger charge is 2.20. The first-order valence-corrected chi connectivity index (χ1v) is 4.57. The number of unbranched alkanes of at least 4 members (excludes halogenated alkanes) is 2. The standard InChI is InChI=1S/C10H16NO/c1-12-11-9-5-3-2-4-6-10-7-8-10/h5,7,10H,2-4,6,8H2,1H3. The van der Waals surface area contributed by atoms with Crippen LogP contribution in [0.2, 0.25) is 0 Å². The van der Waals surface area contributed by atoms with Gasteiger partial charge in [-0.2, -0.15) is 0 Å². The van der Waals surface area contributed by atoms with Gasteiger partial charge in [0, 0.05) is 5.87 Å². The van der Waals surface area contributed by atoms with Crippen molar-refractivity contribution in [2.24, 2.45) is 11.1 Å². The first-order valence-electron chi connectivity index (χ1n) is 4.57. The fourth-order valence-electron chi connectivity index (χ4n) is 1.14. The highest BCUT2D eigenvalue weighted by molar-refractivity contribution is 5.50. The molecule has 1 aliphatic carbocycles. The molecule has 0 heterocycles. The summed E-state index contributed by atoms with van der Waals surface area (Å²) in [4.78, 5) is 4.47. The van der Waals surface area contributed by atoms with Gasteiger partial charge >= 0.3 is 0 Å². The second-order valence-corrected chi connectivity index (χ2v) is 3.12. The average molecular weight is 166 g/mol. The molecule has 1 radical (unpaired) electrons. The minimum absolute atomic E-state index is 0.946. The van der Waals surface area contributed by atoms with Gasteiger partial charge in [0.2, 0.25) is 0 Å². The Morgan fingerprint density at radius 2 is 2.50 bits per heavy atom. The molecular formula is C10H16NO. The molecule has 1 unspecified atom stereocenters. The van der Waals surface area contributed by atoms with Crippen molar-refractivity contribution in [3.8, 4) is 0 Å². The summed E-state index contributed by atoms with van der Waals surface area (Å²) >= 11 is 0. The largest absolute Gasteiger partial charge is 0.392 e. The van der Waals surface area contributed by atoms with Crippen molar-refractivity contribution in [3.05, 3.63) is 12.5 Å². The van der Waals surface area contributed by atoms with Gasteiger partial charge in [-0.15, -0.1) is 0 Å². The molecule has 1 aliphatic rings. The zero-order valence-electron chi connectivity index (χ0n) is 7.62. The van der Waals surface area contributed by atoms with Gasteiger partial charge in [-0.05, 0) is 42.8 Å². The molecule has 0 aromatic rings. The van der Waals surface area contributed by atoms with Gasteiger partial charge in [-0.25, -0.2) is 0 Å². The highest BCUT2D eigenvalue weighted by Crippen LogP contribution is 2.32. The third-order valence-electron chi connectivity index (χ3n) is 1.98. The highest BCUT2D eigenvalue weighted by atomic mass is 16.6. The Hall–Kier alpha value is -0.750. The van der Waals surface area contributed by atoms with Crippen LogP contribution in [-0.2, 0) is 4.84 Å². The van der Waals surface area contributed by atoms with Crippen LogP contribution in [0.1, 0.15) is 32.1 Å². The number of hydrogen-bond acceptors (Lipinski definition) is 2. The molecule has 1 rings (SSSR count). The minimum Gasteiger partial charge on any atom is -0.392 e. The van der Waals surface area contributed by atoms with Gasteiger partial charge in [-0.3, -0.25) is 0 Å². The van der Waals surface area contributed by atoms with Crippen LogP contribution in [0.3, 0.4) is 0 Å². The topological polar surface area (TPSA) is 21.6 Å². The molecule has 0 amide bonds. The number of allylic oxidation sites excluding steroid dienone is 1. The summed E-state index contributed by atoms with van der Waals surface area (Å²) in [5.41, 5.74) is 0. The summed E-state index contributed by atoms with van der Waals surface area (Å²) < 4.78 is 0. The van der Waals surface area contributed by atoms with Crippen molar-refractivity contribution in [2.75, 3.05) is 7.11 Å². The normalized spacial score (nSPS) is 15.1. The predicted octanol–water partition coefficient (Wildman–Crippen LogP) is 2.56. The smallest absolute Gasteiger partial charge is 0.107 e. The SMILES string of the molecule is CON=C=CCCCCC1[CH]C1. The minimum atomic E-state index is 0.946. The van der Waals surface area contributed by atoms with E-state index in [2.05, 4.69) is 22.3 Å². The van der Waals surface area contributed by atoms with E-state index in [1.807, 2.05) is 6.08 Å². The van der Waals surface area contributed by atoms with E-state index < -0.39 is 0 Å². The maximum Gasteiger partial charge on any atom is 0.107 e. The summed E-state index contributed by atoms with van der Waals surface area (Å²) in [7, 11) is 1.53. The Labute approximate surface area is 74.3 Å². The van der Waals surface area contributed by atoms with E-state index in [-0.39, 0.29) is 0 Å². The molecule has 0 spiro atoms. The summed E-state index contributed by atoms with van der Waals surface area (Å²) in [5, 5.41) is 3.51. The van der Waals surface area contributed by atoms with E-state index in [4.69, 9.17) is 0 Å². The molecule has 0 aromatic heterocycles. The van der Waals surface area contributed by atoms with Gasteiger partial charge < -0.3 is 4.84 Å². The molecule has 1 fully saturated rings. The van der Waals surface area contributed by atoms with Gasteiger partial charge in [0.25, 0.3) is 0 Å². The summed E-state index contributed by atoms with van der Waals surface area (Å²) in [6.45, 7) is 0. The molecule has 0 N–H and O–H groups in total.